The van der Waals surface area contributed by atoms with Crippen LogP contribution in [0.2, 0.25) is 0 Å². The number of aryl methyl sites for hydroxylation is 1. The number of anilines is 2. The highest BCUT2D eigenvalue weighted by Gasteiger charge is 2.13. The van der Waals surface area contributed by atoms with Gasteiger partial charge in [0.2, 0.25) is 0 Å². The normalized spacial score (nSPS) is 10.2. The summed E-state index contributed by atoms with van der Waals surface area (Å²) in [5, 5.41) is 6.02. The highest BCUT2D eigenvalue weighted by atomic mass is 32.1. The number of carbonyl (C=O) groups excluding carboxylic acids is 1. The summed E-state index contributed by atoms with van der Waals surface area (Å²) in [5.41, 5.74) is 3.49. The van der Waals surface area contributed by atoms with Gasteiger partial charge in [-0.15, -0.1) is 0 Å². The van der Waals surface area contributed by atoms with Crippen molar-refractivity contribution in [2.75, 3.05) is 37.5 Å². The molecule has 0 saturated heterocycles. The van der Waals surface area contributed by atoms with Crippen LogP contribution in [-0.2, 0) is 0 Å². The zero-order valence-corrected chi connectivity index (χ0v) is 17.8. The van der Waals surface area contributed by atoms with E-state index in [4.69, 9.17) is 21.7 Å². The molecule has 2 rings (SSSR count). The first-order valence-electron chi connectivity index (χ1n) is 9.13. The Balaban J connectivity index is 2.06. The average Bonchev–Trinajstić information content (AvgIpc) is 2.70. The Morgan fingerprint density at radius 3 is 2.29 bits per heavy atom. The molecule has 0 aliphatic rings. The number of nitrogens with one attached hydrogen (secondary N) is 2. The van der Waals surface area contributed by atoms with Crippen LogP contribution >= 0.6 is 12.2 Å². The molecule has 2 aromatic carbocycles. The molecular formula is C21H27N3O3S. The van der Waals surface area contributed by atoms with Crippen LogP contribution < -0.4 is 25.0 Å². The molecule has 0 unspecified atom stereocenters. The summed E-state index contributed by atoms with van der Waals surface area (Å²) < 4.78 is 10.4. The first-order chi connectivity index (χ1) is 13.4. The van der Waals surface area contributed by atoms with Gasteiger partial charge >= 0.3 is 0 Å². The molecule has 150 valence electrons. The van der Waals surface area contributed by atoms with Gasteiger partial charge < -0.3 is 19.7 Å². The Morgan fingerprint density at radius 2 is 1.71 bits per heavy atom. The van der Waals surface area contributed by atoms with Gasteiger partial charge in [-0.1, -0.05) is 0 Å². The monoisotopic (exact) mass is 401 g/mol. The van der Waals surface area contributed by atoms with E-state index in [9.17, 15) is 4.79 Å². The Labute approximate surface area is 171 Å². The van der Waals surface area contributed by atoms with Gasteiger partial charge in [-0.25, -0.2) is 0 Å². The molecule has 28 heavy (non-hydrogen) atoms. The lowest BCUT2D eigenvalue weighted by Crippen LogP contribution is -2.34. The molecule has 0 aliphatic heterocycles. The van der Waals surface area contributed by atoms with E-state index in [2.05, 4.69) is 35.4 Å². The van der Waals surface area contributed by atoms with E-state index in [1.54, 1.807) is 25.3 Å². The highest BCUT2D eigenvalue weighted by molar-refractivity contribution is 7.80. The van der Waals surface area contributed by atoms with Crippen LogP contribution in [0.1, 0.15) is 29.8 Å². The van der Waals surface area contributed by atoms with Crippen molar-refractivity contribution in [1.82, 2.24) is 5.32 Å². The Hall–Kier alpha value is -2.80. The lowest BCUT2D eigenvalue weighted by atomic mass is 10.1. The Bertz CT molecular complexity index is 851. The number of hydrogen-bond acceptors (Lipinski definition) is 5. The summed E-state index contributed by atoms with van der Waals surface area (Å²) in [5.74, 6) is 0.719. The number of hydrogen-bond donors (Lipinski definition) is 2. The molecule has 0 fully saturated rings. The lowest BCUT2D eigenvalue weighted by molar-refractivity contribution is 0.0977. The van der Waals surface area contributed by atoms with Crippen LogP contribution in [-0.4, -0.2) is 38.3 Å². The molecule has 0 heterocycles. The van der Waals surface area contributed by atoms with Crippen LogP contribution in [0.25, 0.3) is 0 Å². The minimum Gasteiger partial charge on any atom is -0.493 e. The fourth-order valence-corrected chi connectivity index (χ4v) is 3.08. The third-order valence-corrected chi connectivity index (χ3v) is 4.66. The molecule has 2 N–H and O–H groups in total. The number of benzene rings is 2. The van der Waals surface area contributed by atoms with Crippen LogP contribution in [0.15, 0.2) is 36.4 Å². The zero-order valence-electron chi connectivity index (χ0n) is 17.0. The van der Waals surface area contributed by atoms with E-state index in [0.29, 0.717) is 17.1 Å². The molecule has 2 aromatic rings. The number of thiocarbonyl (C=S) groups is 1. The topological polar surface area (TPSA) is 62.8 Å². The molecule has 6 nitrogen and oxygen atoms in total. The van der Waals surface area contributed by atoms with Gasteiger partial charge in [0.05, 0.1) is 14.2 Å². The summed E-state index contributed by atoms with van der Waals surface area (Å²) in [6.45, 7) is 8.16. The number of nitrogens with zero attached hydrogens (tertiary/aromatic N) is 1. The van der Waals surface area contributed by atoms with Gasteiger partial charge in [0.1, 0.15) is 0 Å². The third-order valence-electron chi connectivity index (χ3n) is 4.46. The van der Waals surface area contributed by atoms with Gasteiger partial charge in [-0.05, 0) is 75.0 Å². The smallest absolute Gasteiger partial charge is 0.257 e. The quantitative estimate of drug-likeness (QED) is 0.684. The van der Waals surface area contributed by atoms with Gasteiger partial charge in [-0.3, -0.25) is 10.1 Å². The van der Waals surface area contributed by atoms with Crippen molar-refractivity contribution in [3.8, 4) is 11.5 Å². The summed E-state index contributed by atoms with van der Waals surface area (Å²) in [7, 11) is 3.07. The fraction of sp³-hybridized carbons (Fsp3) is 0.333. The second kappa shape index (κ2) is 9.94. The standard InChI is InChI=1S/C21H27N3O3S/c1-6-24(7-2)16-9-10-17(14(3)12-16)22-21(28)23-20(25)15-8-11-18(26-4)19(13-15)27-5/h8-13H,6-7H2,1-5H3,(H2,22,23,25,28). The molecule has 0 aliphatic carbocycles. The Morgan fingerprint density at radius 1 is 1.04 bits per heavy atom. The van der Waals surface area contributed by atoms with Crippen molar-refractivity contribution in [3.05, 3.63) is 47.5 Å². The molecule has 0 saturated carbocycles. The van der Waals surface area contributed by atoms with Crippen molar-refractivity contribution in [3.63, 3.8) is 0 Å². The van der Waals surface area contributed by atoms with Crippen LogP contribution in [0.3, 0.4) is 0 Å². The Kier molecular flexibility index (Phi) is 7.63. The first kappa shape index (κ1) is 21.5. The second-order valence-corrected chi connectivity index (χ2v) is 6.56. The van der Waals surface area contributed by atoms with E-state index in [0.717, 1.165) is 30.0 Å². The maximum Gasteiger partial charge on any atom is 0.257 e. The van der Waals surface area contributed by atoms with Gasteiger partial charge in [0.15, 0.2) is 16.6 Å². The fourth-order valence-electron chi connectivity index (χ4n) is 2.88. The van der Waals surface area contributed by atoms with Crippen molar-refractivity contribution in [1.29, 1.82) is 0 Å². The summed E-state index contributed by atoms with van der Waals surface area (Å²) in [6, 6.07) is 11.1. The molecule has 0 spiro atoms. The maximum atomic E-state index is 12.5. The molecule has 0 atom stereocenters. The SMILES string of the molecule is CCN(CC)c1ccc(NC(=S)NC(=O)c2ccc(OC)c(OC)c2)c(C)c1. The van der Waals surface area contributed by atoms with Crippen LogP contribution in [0.4, 0.5) is 11.4 Å². The molecule has 1 amide bonds. The highest BCUT2D eigenvalue weighted by Crippen LogP contribution is 2.27. The van der Waals surface area contributed by atoms with E-state index in [-0.39, 0.29) is 11.0 Å². The third kappa shape index (κ3) is 5.13. The summed E-state index contributed by atoms with van der Waals surface area (Å²) in [6.07, 6.45) is 0. The number of methoxy groups -OCH3 is 2. The van der Waals surface area contributed by atoms with Gasteiger partial charge in [-0.2, -0.15) is 0 Å². The van der Waals surface area contributed by atoms with Crippen molar-refractivity contribution in [2.45, 2.75) is 20.8 Å². The van der Waals surface area contributed by atoms with Gasteiger partial charge in [0.25, 0.3) is 5.91 Å². The van der Waals surface area contributed by atoms with E-state index < -0.39 is 0 Å². The largest absolute Gasteiger partial charge is 0.493 e. The average molecular weight is 402 g/mol. The predicted octanol–water partition coefficient (Wildman–Crippen LogP) is 3.99. The minimum absolute atomic E-state index is 0.235. The lowest BCUT2D eigenvalue weighted by Gasteiger charge is -2.22. The number of ether oxygens (including phenoxy) is 2. The number of carbonyl (C=O) groups is 1. The van der Waals surface area contributed by atoms with E-state index in [1.807, 2.05) is 19.1 Å². The predicted molar refractivity (Wildman–Crippen MR) is 118 cm³/mol. The maximum absolute atomic E-state index is 12.5. The number of rotatable bonds is 7. The number of amides is 1. The van der Waals surface area contributed by atoms with E-state index >= 15 is 0 Å². The summed E-state index contributed by atoms with van der Waals surface area (Å²) in [4.78, 5) is 14.7. The second-order valence-electron chi connectivity index (χ2n) is 6.15. The van der Waals surface area contributed by atoms with Crippen LogP contribution in [0.5, 0.6) is 11.5 Å². The van der Waals surface area contributed by atoms with Gasteiger partial charge in [0, 0.05) is 30.0 Å². The first-order valence-corrected chi connectivity index (χ1v) is 9.54. The molecule has 7 heteroatoms. The zero-order chi connectivity index (χ0) is 20.7. The van der Waals surface area contributed by atoms with Crippen molar-refractivity contribution < 1.29 is 14.3 Å². The molecule has 0 bridgehead atoms. The van der Waals surface area contributed by atoms with Crippen molar-refractivity contribution in [2.24, 2.45) is 0 Å². The van der Waals surface area contributed by atoms with Crippen molar-refractivity contribution >= 4 is 34.6 Å². The molecule has 0 radical (unpaired) electrons. The minimum atomic E-state index is -0.323. The van der Waals surface area contributed by atoms with Crippen LogP contribution in [0, 0.1) is 6.92 Å². The summed E-state index contributed by atoms with van der Waals surface area (Å²) >= 11 is 5.30. The molecular weight excluding hydrogens is 374 g/mol. The molecule has 0 aromatic heterocycles. The van der Waals surface area contributed by atoms with E-state index in [1.165, 1.54) is 7.11 Å².